The van der Waals surface area contributed by atoms with Crippen molar-refractivity contribution in [3.63, 3.8) is 0 Å². The summed E-state index contributed by atoms with van der Waals surface area (Å²) in [5.41, 5.74) is 8.10. The van der Waals surface area contributed by atoms with Crippen molar-refractivity contribution in [2.75, 3.05) is 13.1 Å². The lowest BCUT2D eigenvalue weighted by atomic mass is 9.97. The number of hydrogen-bond donors (Lipinski definition) is 1. The first-order valence-corrected chi connectivity index (χ1v) is 8.46. The summed E-state index contributed by atoms with van der Waals surface area (Å²) in [4.78, 5) is 25.9. The Kier molecular flexibility index (Phi) is 4.08. The average molecular weight is 350 g/mol. The summed E-state index contributed by atoms with van der Waals surface area (Å²) in [6.07, 6.45) is 3.40. The smallest absolute Gasteiger partial charge is 0.255 e. The van der Waals surface area contributed by atoms with Crippen LogP contribution in [0.15, 0.2) is 42.6 Å². The third kappa shape index (κ3) is 3.13. The summed E-state index contributed by atoms with van der Waals surface area (Å²) in [5.74, 6) is -0.0808. The van der Waals surface area contributed by atoms with E-state index < -0.39 is 5.91 Å². The number of nitrogens with zero attached hydrogens (tertiary/aromatic N) is 5. The minimum absolute atomic E-state index is 0.0178. The van der Waals surface area contributed by atoms with Crippen molar-refractivity contribution in [2.24, 2.45) is 11.7 Å². The van der Waals surface area contributed by atoms with E-state index in [0.717, 1.165) is 18.4 Å². The number of aromatic nitrogens is 4. The van der Waals surface area contributed by atoms with Crippen molar-refractivity contribution in [1.82, 2.24) is 24.9 Å². The second-order valence-electron chi connectivity index (χ2n) is 6.57. The highest BCUT2D eigenvalue weighted by Gasteiger charge is 2.27. The fourth-order valence-corrected chi connectivity index (χ4v) is 3.42. The first-order valence-electron chi connectivity index (χ1n) is 8.46. The summed E-state index contributed by atoms with van der Waals surface area (Å²) < 4.78 is 1.50. The van der Waals surface area contributed by atoms with Crippen LogP contribution in [0.1, 0.15) is 32.7 Å². The summed E-state index contributed by atoms with van der Waals surface area (Å²) in [6.45, 7) is 1.40. The average Bonchev–Trinajstić information content (AvgIpc) is 3.30. The molecule has 0 saturated carbocycles. The largest absolute Gasteiger partial charge is 0.366 e. The Morgan fingerprint density at radius 3 is 2.92 bits per heavy atom. The normalized spacial score (nSPS) is 16.9. The minimum Gasteiger partial charge on any atom is -0.366 e. The molecule has 8 nitrogen and oxygen atoms in total. The molecule has 132 valence electrons. The van der Waals surface area contributed by atoms with Gasteiger partial charge < -0.3 is 10.6 Å². The summed E-state index contributed by atoms with van der Waals surface area (Å²) in [7, 11) is 0. The second-order valence-corrected chi connectivity index (χ2v) is 6.57. The zero-order chi connectivity index (χ0) is 18.1. The molecule has 3 heterocycles. The van der Waals surface area contributed by atoms with Crippen molar-refractivity contribution in [3.05, 3.63) is 59.3 Å². The van der Waals surface area contributed by atoms with Crippen molar-refractivity contribution in [1.29, 1.82) is 0 Å². The number of carbonyl (C=O) groups excluding carboxylic acids is 2. The number of fused-ring (bicyclic) bond motifs is 1. The molecule has 1 fully saturated rings. The molecule has 8 heteroatoms. The number of carbonyl (C=O) groups is 2. The highest BCUT2D eigenvalue weighted by atomic mass is 16.2. The maximum atomic E-state index is 12.7. The fourth-order valence-electron chi connectivity index (χ4n) is 3.42. The van der Waals surface area contributed by atoms with Crippen LogP contribution in [0, 0.1) is 5.92 Å². The van der Waals surface area contributed by atoms with E-state index in [0.29, 0.717) is 35.8 Å². The van der Waals surface area contributed by atoms with Gasteiger partial charge in [-0.1, -0.05) is 12.1 Å². The van der Waals surface area contributed by atoms with Gasteiger partial charge in [0.1, 0.15) is 0 Å². The van der Waals surface area contributed by atoms with Gasteiger partial charge in [-0.05, 0) is 59.0 Å². The van der Waals surface area contributed by atoms with Crippen molar-refractivity contribution >= 4 is 17.5 Å². The lowest BCUT2D eigenvalue weighted by Gasteiger charge is -2.16. The van der Waals surface area contributed by atoms with Crippen LogP contribution in [0.3, 0.4) is 0 Å². The third-order valence-electron chi connectivity index (χ3n) is 4.75. The maximum Gasteiger partial charge on any atom is 0.255 e. The second kappa shape index (κ2) is 6.55. The van der Waals surface area contributed by atoms with Crippen LogP contribution in [0.2, 0.25) is 0 Å². The molecule has 1 aliphatic heterocycles. The van der Waals surface area contributed by atoms with E-state index in [1.54, 1.807) is 24.4 Å². The zero-order valence-electron chi connectivity index (χ0n) is 14.1. The number of pyridine rings is 1. The number of benzene rings is 1. The SMILES string of the molecule is NC(=O)c1cccc(C[C@@H]2CCN(C(=O)c3ccc4nnnn4c3)C2)c1. The lowest BCUT2D eigenvalue weighted by Crippen LogP contribution is -2.29. The van der Waals surface area contributed by atoms with Crippen LogP contribution in [-0.2, 0) is 6.42 Å². The van der Waals surface area contributed by atoms with E-state index in [9.17, 15) is 9.59 Å². The van der Waals surface area contributed by atoms with E-state index >= 15 is 0 Å². The number of primary amides is 1. The van der Waals surface area contributed by atoms with Gasteiger partial charge >= 0.3 is 0 Å². The maximum absolute atomic E-state index is 12.7. The molecule has 4 rings (SSSR count). The van der Waals surface area contributed by atoms with Gasteiger partial charge in [0.15, 0.2) is 5.65 Å². The first kappa shape index (κ1) is 16.2. The summed E-state index contributed by atoms with van der Waals surface area (Å²) in [5, 5.41) is 11.3. The van der Waals surface area contributed by atoms with Gasteiger partial charge in [-0.15, -0.1) is 5.10 Å². The lowest BCUT2D eigenvalue weighted by molar-refractivity contribution is 0.0786. The van der Waals surface area contributed by atoms with E-state index in [-0.39, 0.29) is 5.91 Å². The molecule has 1 atom stereocenters. The van der Waals surface area contributed by atoms with Gasteiger partial charge in [0.2, 0.25) is 5.91 Å². The van der Waals surface area contributed by atoms with Crippen molar-refractivity contribution < 1.29 is 9.59 Å². The van der Waals surface area contributed by atoms with E-state index in [2.05, 4.69) is 15.5 Å². The molecule has 0 unspecified atom stereocenters. The quantitative estimate of drug-likeness (QED) is 0.753. The molecule has 2 aromatic heterocycles. The molecule has 0 spiro atoms. The van der Waals surface area contributed by atoms with Crippen molar-refractivity contribution in [3.8, 4) is 0 Å². The van der Waals surface area contributed by atoms with Gasteiger partial charge in [-0.2, -0.15) is 4.52 Å². The highest BCUT2D eigenvalue weighted by Crippen LogP contribution is 2.23. The molecule has 1 aromatic carbocycles. The van der Waals surface area contributed by atoms with Gasteiger partial charge in [0, 0.05) is 24.8 Å². The Labute approximate surface area is 149 Å². The first-order chi connectivity index (χ1) is 12.6. The topological polar surface area (TPSA) is 106 Å². The van der Waals surface area contributed by atoms with Crippen LogP contribution in [0.4, 0.5) is 0 Å². The molecule has 0 aliphatic carbocycles. The highest BCUT2D eigenvalue weighted by molar-refractivity contribution is 5.94. The number of hydrogen-bond acceptors (Lipinski definition) is 5. The molecule has 1 aliphatic rings. The Hall–Kier alpha value is -3.29. The van der Waals surface area contributed by atoms with Crippen LogP contribution < -0.4 is 5.73 Å². The fraction of sp³-hybridized carbons (Fsp3) is 0.278. The molecule has 0 radical (unpaired) electrons. The van der Waals surface area contributed by atoms with Crippen LogP contribution in [0.5, 0.6) is 0 Å². The summed E-state index contributed by atoms with van der Waals surface area (Å²) >= 11 is 0. The van der Waals surface area contributed by atoms with Crippen LogP contribution in [-0.4, -0.2) is 49.8 Å². The van der Waals surface area contributed by atoms with Gasteiger partial charge in [-0.25, -0.2) is 0 Å². The molecule has 0 bridgehead atoms. The number of likely N-dealkylation sites (tertiary alicyclic amines) is 1. The van der Waals surface area contributed by atoms with E-state index in [1.165, 1.54) is 4.52 Å². The molecule has 3 aromatic rings. The standard InChI is InChI=1S/C18H18N6O2/c19-17(25)14-3-1-2-12(9-14)8-13-6-7-23(10-13)18(26)15-4-5-16-20-21-22-24(16)11-15/h1-5,9,11,13H,6-8,10H2,(H2,19,25)/t13-/m0/s1. The van der Waals surface area contributed by atoms with Gasteiger partial charge in [-0.3, -0.25) is 9.59 Å². The van der Waals surface area contributed by atoms with E-state index in [1.807, 2.05) is 23.1 Å². The Bertz CT molecular complexity index is 982. The molecule has 2 N–H and O–H groups in total. The predicted molar refractivity (Wildman–Crippen MR) is 93.5 cm³/mol. The molecule has 2 amide bonds. The number of nitrogens with two attached hydrogens (primary N) is 1. The van der Waals surface area contributed by atoms with Gasteiger partial charge in [0.25, 0.3) is 5.91 Å². The molecular weight excluding hydrogens is 332 g/mol. The molecule has 26 heavy (non-hydrogen) atoms. The van der Waals surface area contributed by atoms with Crippen LogP contribution >= 0.6 is 0 Å². The zero-order valence-corrected chi connectivity index (χ0v) is 14.1. The Morgan fingerprint density at radius 2 is 2.08 bits per heavy atom. The van der Waals surface area contributed by atoms with Crippen molar-refractivity contribution in [2.45, 2.75) is 12.8 Å². The third-order valence-corrected chi connectivity index (χ3v) is 4.75. The predicted octanol–water partition coefficient (Wildman–Crippen LogP) is 0.928. The monoisotopic (exact) mass is 350 g/mol. The van der Waals surface area contributed by atoms with Crippen LogP contribution in [0.25, 0.3) is 5.65 Å². The number of tetrazole rings is 1. The summed E-state index contributed by atoms with van der Waals surface area (Å²) in [6, 6.07) is 10.9. The van der Waals surface area contributed by atoms with E-state index in [4.69, 9.17) is 5.73 Å². The van der Waals surface area contributed by atoms with Gasteiger partial charge in [0.05, 0.1) is 5.56 Å². The number of amides is 2. The minimum atomic E-state index is -0.423. The number of rotatable bonds is 4. The Morgan fingerprint density at radius 1 is 1.19 bits per heavy atom. The molecular formula is C18H18N6O2. The molecule has 1 saturated heterocycles. The Balaban J connectivity index is 1.43.